The first kappa shape index (κ1) is 13.9. The summed E-state index contributed by atoms with van der Waals surface area (Å²) >= 11 is 0. The summed E-state index contributed by atoms with van der Waals surface area (Å²) in [5.74, 6) is -1.75. The van der Waals surface area contributed by atoms with Crippen LogP contribution in [0.4, 0.5) is 0 Å². The van der Waals surface area contributed by atoms with Crippen LogP contribution in [0.25, 0.3) is 0 Å². The van der Waals surface area contributed by atoms with E-state index in [-0.39, 0.29) is 18.6 Å². The molecule has 0 aromatic carbocycles. The highest BCUT2D eigenvalue weighted by molar-refractivity contribution is 5.85. The van der Waals surface area contributed by atoms with Gasteiger partial charge < -0.3 is 20.9 Å². The third-order valence-corrected chi connectivity index (χ3v) is 2.92. The minimum absolute atomic E-state index is 0.271. The fourth-order valence-electron chi connectivity index (χ4n) is 1.79. The number of carbonyl (C=O) groups excluding carboxylic acids is 1. The van der Waals surface area contributed by atoms with E-state index in [1.807, 2.05) is 6.92 Å². The van der Waals surface area contributed by atoms with Gasteiger partial charge in [-0.05, 0) is 6.42 Å². The summed E-state index contributed by atoms with van der Waals surface area (Å²) in [6.07, 6.45) is 2.11. The lowest BCUT2D eigenvalue weighted by Gasteiger charge is -2.18. The molecule has 0 bridgehead atoms. The van der Waals surface area contributed by atoms with Gasteiger partial charge in [-0.25, -0.2) is 4.79 Å². The van der Waals surface area contributed by atoms with Crippen LogP contribution in [0.15, 0.2) is 0 Å². The summed E-state index contributed by atoms with van der Waals surface area (Å²) in [7, 11) is 0. The van der Waals surface area contributed by atoms with Crippen molar-refractivity contribution in [3.63, 3.8) is 0 Å². The van der Waals surface area contributed by atoms with E-state index in [9.17, 15) is 9.59 Å². The Balaban J connectivity index is 2.48. The van der Waals surface area contributed by atoms with E-state index in [0.29, 0.717) is 13.0 Å². The lowest BCUT2D eigenvalue weighted by Crippen LogP contribution is -2.47. The maximum Gasteiger partial charge on any atom is 0.326 e. The molecule has 0 aromatic rings. The van der Waals surface area contributed by atoms with Gasteiger partial charge in [-0.1, -0.05) is 19.8 Å². The number of rotatable bonds is 6. The fourth-order valence-corrected chi connectivity index (χ4v) is 1.79. The van der Waals surface area contributed by atoms with Crippen molar-refractivity contribution in [3.05, 3.63) is 0 Å². The average molecular weight is 244 g/mol. The van der Waals surface area contributed by atoms with Crippen LogP contribution < -0.4 is 11.1 Å². The Morgan fingerprint density at radius 1 is 1.53 bits per heavy atom. The monoisotopic (exact) mass is 244 g/mol. The van der Waals surface area contributed by atoms with Crippen molar-refractivity contribution < 1.29 is 19.4 Å². The number of nitrogens with one attached hydrogen (secondary N) is 1. The van der Waals surface area contributed by atoms with Crippen molar-refractivity contribution in [2.45, 2.75) is 38.3 Å². The Kier molecular flexibility index (Phi) is 5.37. The normalized spacial score (nSPS) is 25.5. The van der Waals surface area contributed by atoms with Crippen molar-refractivity contribution in [2.24, 2.45) is 11.7 Å². The number of hydrogen-bond acceptors (Lipinski definition) is 4. The van der Waals surface area contributed by atoms with E-state index < -0.39 is 17.9 Å². The van der Waals surface area contributed by atoms with Gasteiger partial charge in [0.25, 0.3) is 0 Å². The molecule has 1 saturated heterocycles. The Hall–Kier alpha value is -1.14. The number of carboxylic acid groups (broad SMARTS) is 1. The first-order valence-corrected chi connectivity index (χ1v) is 5.92. The topological polar surface area (TPSA) is 102 Å². The predicted octanol–water partition coefficient (Wildman–Crippen LogP) is -0.280. The smallest absolute Gasteiger partial charge is 0.326 e. The highest BCUT2D eigenvalue weighted by atomic mass is 16.5. The van der Waals surface area contributed by atoms with Gasteiger partial charge in [-0.15, -0.1) is 0 Å². The van der Waals surface area contributed by atoms with Gasteiger partial charge in [0, 0.05) is 6.04 Å². The van der Waals surface area contributed by atoms with Crippen molar-refractivity contribution in [3.8, 4) is 0 Å². The molecule has 0 aromatic heterocycles. The highest BCUT2D eigenvalue weighted by Gasteiger charge is 2.33. The highest BCUT2D eigenvalue weighted by Crippen LogP contribution is 2.12. The average Bonchev–Trinajstić information content (AvgIpc) is 2.70. The molecule has 6 heteroatoms. The van der Waals surface area contributed by atoms with E-state index in [4.69, 9.17) is 15.6 Å². The Labute approximate surface area is 101 Å². The third-order valence-electron chi connectivity index (χ3n) is 2.92. The standard InChI is InChI=1S/C11H20N2O4/c1-2-3-4-9(11(15)16)13-10(14)7-5-17-6-8(7)12/h7-9H,2-6,12H2,1H3,(H,13,14)(H,15,16). The van der Waals surface area contributed by atoms with Crippen LogP contribution in [0.1, 0.15) is 26.2 Å². The molecule has 17 heavy (non-hydrogen) atoms. The molecular formula is C11H20N2O4. The van der Waals surface area contributed by atoms with E-state index in [1.54, 1.807) is 0 Å². The van der Waals surface area contributed by atoms with E-state index in [1.165, 1.54) is 0 Å². The number of aliphatic carboxylic acids is 1. The molecule has 0 spiro atoms. The van der Waals surface area contributed by atoms with Gasteiger partial charge in [-0.2, -0.15) is 0 Å². The van der Waals surface area contributed by atoms with E-state index >= 15 is 0 Å². The first-order chi connectivity index (χ1) is 8.06. The summed E-state index contributed by atoms with van der Waals surface area (Å²) in [6.45, 7) is 2.60. The van der Waals surface area contributed by atoms with Gasteiger partial charge in [0.05, 0.1) is 19.1 Å². The minimum Gasteiger partial charge on any atom is -0.480 e. The fraction of sp³-hybridized carbons (Fsp3) is 0.818. The van der Waals surface area contributed by atoms with Crippen LogP contribution in [0.2, 0.25) is 0 Å². The number of ether oxygens (including phenoxy) is 1. The van der Waals surface area contributed by atoms with Gasteiger partial charge in [0.1, 0.15) is 6.04 Å². The third kappa shape index (κ3) is 3.98. The second kappa shape index (κ2) is 6.56. The molecule has 0 radical (unpaired) electrons. The number of amides is 1. The molecular weight excluding hydrogens is 224 g/mol. The Bertz CT molecular complexity index is 283. The van der Waals surface area contributed by atoms with Crippen molar-refractivity contribution in [1.82, 2.24) is 5.32 Å². The molecule has 98 valence electrons. The lowest BCUT2D eigenvalue weighted by molar-refractivity contribution is -0.142. The molecule has 6 nitrogen and oxygen atoms in total. The molecule has 0 aliphatic carbocycles. The molecule has 1 aliphatic rings. The number of unbranched alkanes of at least 4 members (excludes halogenated alkanes) is 1. The van der Waals surface area contributed by atoms with Gasteiger partial charge in [0.15, 0.2) is 0 Å². The zero-order valence-electron chi connectivity index (χ0n) is 10.0. The van der Waals surface area contributed by atoms with Gasteiger partial charge in [-0.3, -0.25) is 4.79 Å². The summed E-state index contributed by atoms with van der Waals surface area (Å²) in [5.41, 5.74) is 5.70. The summed E-state index contributed by atoms with van der Waals surface area (Å²) in [5, 5.41) is 11.5. The maximum atomic E-state index is 11.8. The summed E-state index contributed by atoms with van der Waals surface area (Å²) in [6, 6.07) is -1.16. The van der Waals surface area contributed by atoms with Crippen LogP contribution in [0.5, 0.6) is 0 Å². The number of carbonyl (C=O) groups is 2. The molecule has 1 rings (SSSR count). The molecule has 0 saturated carbocycles. The number of carboxylic acids is 1. The van der Waals surface area contributed by atoms with Crippen LogP contribution in [0, 0.1) is 5.92 Å². The zero-order valence-corrected chi connectivity index (χ0v) is 10.0. The molecule has 3 unspecified atom stereocenters. The maximum absolute atomic E-state index is 11.8. The van der Waals surface area contributed by atoms with Crippen LogP contribution in [0.3, 0.4) is 0 Å². The van der Waals surface area contributed by atoms with Crippen molar-refractivity contribution >= 4 is 11.9 Å². The first-order valence-electron chi connectivity index (χ1n) is 5.92. The van der Waals surface area contributed by atoms with Gasteiger partial charge in [0.2, 0.25) is 5.91 Å². The van der Waals surface area contributed by atoms with Crippen LogP contribution in [-0.2, 0) is 14.3 Å². The van der Waals surface area contributed by atoms with Crippen molar-refractivity contribution in [1.29, 1.82) is 0 Å². The number of nitrogens with two attached hydrogens (primary N) is 1. The number of hydrogen-bond donors (Lipinski definition) is 3. The molecule has 1 amide bonds. The Morgan fingerprint density at radius 3 is 2.71 bits per heavy atom. The summed E-state index contributed by atoms with van der Waals surface area (Å²) < 4.78 is 5.08. The van der Waals surface area contributed by atoms with Crippen molar-refractivity contribution in [2.75, 3.05) is 13.2 Å². The van der Waals surface area contributed by atoms with E-state index in [2.05, 4.69) is 5.32 Å². The molecule has 1 aliphatic heterocycles. The van der Waals surface area contributed by atoms with Crippen LogP contribution in [-0.4, -0.2) is 42.3 Å². The largest absolute Gasteiger partial charge is 0.480 e. The molecule has 3 atom stereocenters. The molecule has 1 fully saturated rings. The molecule has 4 N–H and O–H groups in total. The second-order valence-electron chi connectivity index (χ2n) is 4.35. The summed E-state index contributed by atoms with van der Waals surface area (Å²) in [4.78, 5) is 22.8. The SMILES string of the molecule is CCCCC(NC(=O)C1COCC1N)C(=O)O. The lowest BCUT2D eigenvalue weighted by atomic mass is 10.0. The predicted molar refractivity (Wildman–Crippen MR) is 61.4 cm³/mol. The second-order valence-corrected chi connectivity index (χ2v) is 4.35. The Morgan fingerprint density at radius 2 is 2.24 bits per heavy atom. The quantitative estimate of drug-likeness (QED) is 0.596. The minimum atomic E-state index is -1.00. The molecule has 1 heterocycles. The van der Waals surface area contributed by atoms with Gasteiger partial charge >= 0.3 is 5.97 Å². The van der Waals surface area contributed by atoms with Crippen LogP contribution >= 0.6 is 0 Å². The van der Waals surface area contributed by atoms with E-state index in [0.717, 1.165) is 12.8 Å². The zero-order chi connectivity index (χ0) is 12.8.